The lowest BCUT2D eigenvalue weighted by atomic mass is 9.97. The molecule has 0 saturated carbocycles. The van der Waals surface area contributed by atoms with E-state index in [0.717, 1.165) is 19.1 Å². The predicted octanol–water partition coefficient (Wildman–Crippen LogP) is 4.11. The van der Waals surface area contributed by atoms with Gasteiger partial charge in [-0.3, -0.25) is 0 Å². The standard InChI is InChI=1S/C19H17F6NO10/c1-3-10-6-12(36-19(23,24)25)7-11-8-13(15(18(20,21)22)35-14(10)11)16(27)33-9(2)34-17(28)31-4-5-32-26(29)30/h6-9,15H,3-5H2,1-2H3. The number of halogens is 6. The number of rotatable bonds is 9. The molecule has 0 bridgehead atoms. The highest BCUT2D eigenvalue weighted by Crippen LogP contribution is 2.42. The van der Waals surface area contributed by atoms with Gasteiger partial charge in [0, 0.05) is 12.5 Å². The minimum atomic E-state index is -5.14. The van der Waals surface area contributed by atoms with Crippen LogP contribution in [-0.2, 0) is 30.3 Å². The Balaban J connectivity index is 2.24. The van der Waals surface area contributed by atoms with Crippen LogP contribution in [0.1, 0.15) is 25.0 Å². The van der Waals surface area contributed by atoms with Crippen LogP contribution in [0.15, 0.2) is 17.7 Å². The van der Waals surface area contributed by atoms with Crippen LogP contribution in [0.3, 0.4) is 0 Å². The third-order valence-electron chi connectivity index (χ3n) is 4.18. The second kappa shape index (κ2) is 11.2. The van der Waals surface area contributed by atoms with Gasteiger partial charge in [0.2, 0.25) is 12.4 Å². The number of hydrogen-bond donors (Lipinski definition) is 0. The molecule has 200 valence electrons. The molecule has 0 fully saturated rings. The fourth-order valence-corrected chi connectivity index (χ4v) is 2.87. The van der Waals surface area contributed by atoms with Crippen LogP contribution >= 0.6 is 0 Å². The van der Waals surface area contributed by atoms with Gasteiger partial charge in [0.15, 0.2) is 0 Å². The van der Waals surface area contributed by atoms with Crippen molar-refractivity contribution in [2.24, 2.45) is 0 Å². The third-order valence-corrected chi connectivity index (χ3v) is 4.18. The zero-order chi connectivity index (χ0) is 27.3. The Morgan fingerprint density at radius 2 is 1.81 bits per heavy atom. The van der Waals surface area contributed by atoms with E-state index in [1.165, 1.54) is 6.92 Å². The normalized spacial score (nSPS) is 16.0. The van der Waals surface area contributed by atoms with Crippen LogP contribution in [0.5, 0.6) is 11.5 Å². The Bertz CT molecular complexity index is 1020. The molecule has 1 aromatic rings. The number of esters is 1. The van der Waals surface area contributed by atoms with Crippen molar-refractivity contribution in [2.45, 2.75) is 45.2 Å². The summed E-state index contributed by atoms with van der Waals surface area (Å²) < 4.78 is 101. The summed E-state index contributed by atoms with van der Waals surface area (Å²) in [7, 11) is 0. The first-order valence-electron chi connectivity index (χ1n) is 9.80. The van der Waals surface area contributed by atoms with Gasteiger partial charge < -0.3 is 28.5 Å². The zero-order valence-corrected chi connectivity index (χ0v) is 18.3. The molecule has 1 aliphatic heterocycles. The molecule has 0 saturated heterocycles. The number of fused-ring (bicyclic) bond motifs is 1. The molecule has 0 aromatic heterocycles. The smallest absolute Gasteiger partial charge is 0.475 e. The predicted molar refractivity (Wildman–Crippen MR) is 102 cm³/mol. The number of alkyl halides is 6. The van der Waals surface area contributed by atoms with Crippen LogP contribution in [0.25, 0.3) is 6.08 Å². The molecule has 2 atom stereocenters. The van der Waals surface area contributed by atoms with Crippen molar-refractivity contribution in [1.29, 1.82) is 0 Å². The van der Waals surface area contributed by atoms with E-state index in [4.69, 9.17) is 4.74 Å². The van der Waals surface area contributed by atoms with Gasteiger partial charge in [-0.1, -0.05) is 6.92 Å². The summed E-state index contributed by atoms with van der Waals surface area (Å²) in [5.41, 5.74) is -1.52. The maximum atomic E-state index is 13.6. The van der Waals surface area contributed by atoms with Crippen molar-refractivity contribution >= 4 is 18.2 Å². The first kappa shape index (κ1) is 28.3. The van der Waals surface area contributed by atoms with E-state index in [0.29, 0.717) is 6.08 Å². The fourth-order valence-electron chi connectivity index (χ4n) is 2.87. The van der Waals surface area contributed by atoms with Crippen molar-refractivity contribution < 1.29 is 69.5 Å². The van der Waals surface area contributed by atoms with Crippen molar-refractivity contribution in [2.75, 3.05) is 13.2 Å². The van der Waals surface area contributed by atoms with E-state index >= 15 is 0 Å². The number of nitrogens with zero attached hydrogens (tertiary/aromatic N) is 1. The lowest BCUT2D eigenvalue weighted by Gasteiger charge is -2.30. The van der Waals surface area contributed by atoms with Crippen LogP contribution in [0.2, 0.25) is 0 Å². The average Bonchev–Trinajstić information content (AvgIpc) is 2.73. The molecule has 11 nitrogen and oxygen atoms in total. The Kier molecular flexibility index (Phi) is 8.82. The van der Waals surface area contributed by atoms with E-state index in [-0.39, 0.29) is 17.5 Å². The molecule has 0 spiro atoms. The highest BCUT2D eigenvalue weighted by molar-refractivity contribution is 5.96. The molecule has 1 heterocycles. The molecule has 0 aliphatic carbocycles. The number of ether oxygens (including phenoxy) is 5. The van der Waals surface area contributed by atoms with E-state index < -0.39 is 72.4 Å². The fraction of sp³-hybridized carbons (Fsp3) is 0.474. The Morgan fingerprint density at radius 1 is 1.14 bits per heavy atom. The van der Waals surface area contributed by atoms with Crippen LogP contribution in [0, 0.1) is 10.1 Å². The first-order valence-corrected chi connectivity index (χ1v) is 9.80. The molecule has 36 heavy (non-hydrogen) atoms. The number of carbonyl (C=O) groups excluding carboxylic acids is 2. The molecular weight excluding hydrogens is 516 g/mol. The third kappa shape index (κ3) is 8.09. The lowest BCUT2D eigenvalue weighted by molar-refractivity contribution is -0.757. The number of benzene rings is 1. The maximum absolute atomic E-state index is 13.6. The van der Waals surface area contributed by atoms with Gasteiger partial charge in [0.25, 0.3) is 5.09 Å². The van der Waals surface area contributed by atoms with Gasteiger partial charge in [-0.2, -0.15) is 13.2 Å². The Labute approximate surface area is 197 Å². The minimum Gasteiger partial charge on any atom is -0.475 e. The van der Waals surface area contributed by atoms with E-state index in [1.807, 2.05) is 0 Å². The topological polar surface area (TPSA) is 133 Å². The highest BCUT2D eigenvalue weighted by atomic mass is 19.4. The summed E-state index contributed by atoms with van der Waals surface area (Å²) in [5.74, 6) is -2.83. The molecule has 2 rings (SSSR count). The molecule has 2 unspecified atom stereocenters. The summed E-state index contributed by atoms with van der Waals surface area (Å²) in [6, 6.07) is 1.58. The van der Waals surface area contributed by atoms with Crippen molar-refractivity contribution in [3.8, 4) is 11.5 Å². The number of carbonyl (C=O) groups is 2. The van der Waals surface area contributed by atoms with Gasteiger partial charge in [0.05, 0.1) is 5.57 Å². The molecular formula is C19H17F6NO10. The van der Waals surface area contributed by atoms with Gasteiger partial charge in [-0.25, -0.2) is 9.59 Å². The average molecular weight is 533 g/mol. The monoisotopic (exact) mass is 533 g/mol. The SMILES string of the molecule is CCc1cc(OC(F)(F)F)cc2c1OC(C(F)(F)F)C(C(=O)OC(C)OC(=O)OCCO[N+](=O)[O-])=C2. The summed E-state index contributed by atoms with van der Waals surface area (Å²) in [6.07, 6.45) is -15.8. The van der Waals surface area contributed by atoms with Crippen LogP contribution in [0.4, 0.5) is 31.1 Å². The highest BCUT2D eigenvalue weighted by Gasteiger charge is 2.49. The Morgan fingerprint density at radius 3 is 2.36 bits per heavy atom. The first-order chi connectivity index (χ1) is 16.6. The van der Waals surface area contributed by atoms with E-state index in [2.05, 4.69) is 23.8 Å². The van der Waals surface area contributed by atoms with Crippen molar-refractivity contribution in [3.05, 3.63) is 38.9 Å². The van der Waals surface area contributed by atoms with Gasteiger partial charge >= 0.3 is 24.7 Å². The summed E-state index contributed by atoms with van der Waals surface area (Å²) in [4.78, 5) is 37.8. The van der Waals surface area contributed by atoms with Crippen molar-refractivity contribution in [1.82, 2.24) is 0 Å². The summed E-state index contributed by atoms with van der Waals surface area (Å²) in [5, 5.41) is 8.83. The largest absolute Gasteiger partial charge is 0.573 e. The van der Waals surface area contributed by atoms with Crippen LogP contribution in [-0.4, -0.2) is 55.4 Å². The summed E-state index contributed by atoms with van der Waals surface area (Å²) >= 11 is 0. The second-order valence-electron chi connectivity index (χ2n) is 6.79. The lowest BCUT2D eigenvalue weighted by Crippen LogP contribution is -2.41. The molecule has 1 aromatic carbocycles. The van der Waals surface area contributed by atoms with E-state index in [1.54, 1.807) is 0 Å². The Hall–Kier alpha value is -3.92. The number of hydrogen-bond acceptors (Lipinski definition) is 10. The second-order valence-corrected chi connectivity index (χ2v) is 6.79. The molecule has 1 aliphatic rings. The molecule has 0 amide bonds. The molecule has 17 heteroatoms. The van der Waals surface area contributed by atoms with E-state index in [9.17, 15) is 46.0 Å². The summed E-state index contributed by atoms with van der Waals surface area (Å²) in [6.45, 7) is 1.12. The zero-order valence-electron chi connectivity index (χ0n) is 18.3. The molecule has 0 radical (unpaired) electrons. The molecule has 0 N–H and O–H groups in total. The quantitative estimate of drug-likeness (QED) is 0.114. The van der Waals surface area contributed by atoms with Crippen molar-refractivity contribution in [3.63, 3.8) is 0 Å². The minimum absolute atomic E-state index is 0.0325. The maximum Gasteiger partial charge on any atom is 0.573 e. The number of aryl methyl sites for hydroxylation is 1. The van der Waals surface area contributed by atoms with Gasteiger partial charge in [-0.05, 0) is 30.2 Å². The van der Waals surface area contributed by atoms with Crippen LogP contribution < -0.4 is 9.47 Å². The van der Waals surface area contributed by atoms with Gasteiger partial charge in [0.1, 0.15) is 24.7 Å². The van der Waals surface area contributed by atoms with Gasteiger partial charge in [-0.15, -0.1) is 23.3 Å².